The lowest BCUT2D eigenvalue weighted by Gasteiger charge is -2.34. The SMILES string of the molecule is COc1cc(Cl)ccc1C(=O)N1CC2CN(CCCN(C(=O)C3CCN(C(C)=O)CC3)c3ccc(C)c(Cl)c3)CC2C1. The van der Waals surface area contributed by atoms with Crippen molar-refractivity contribution in [1.82, 2.24) is 14.7 Å². The van der Waals surface area contributed by atoms with Crippen molar-refractivity contribution in [3.8, 4) is 5.75 Å². The number of aryl methyl sites for hydroxylation is 1. The maximum atomic E-state index is 13.8. The number of likely N-dealkylation sites (tertiary alicyclic amines) is 3. The first-order chi connectivity index (χ1) is 20.1. The second-order valence-corrected chi connectivity index (χ2v) is 12.7. The number of carbonyl (C=O) groups is 3. The summed E-state index contributed by atoms with van der Waals surface area (Å²) in [4.78, 5) is 46.9. The second-order valence-electron chi connectivity index (χ2n) is 11.9. The zero-order valence-corrected chi connectivity index (χ0v) is 26.2. The van der Waals surface area contributed by atoms with Crippen molar-refractivity contribution in [2.24, 2.45) is 17.8 Å². The molecule has 3 aliphatic heterocycles. The fourth-order valence-corrected chi connectivity index (χ4v) is 7.02. The lowest BCUT2D eigenvalue weighted by atomic mass is 9.94. The first kappa shape index (κ1) is 30.6. The second kappa shape index (κ2) is 13.2. The maximum Gasteiger partial charge on any atom is 0.257 e. The van der Waals surface area contributed by atoms with Gasteiger partial charge >= 0.3 is 0 Å². The van der Waals surface area contributed by atoms with Crippen molar-refractivity contribution in [1.29, 1.82) is 0 Å². The molecule has 0 aromatic heterocycles. The number of hydrogen-bond donors (Lipinski definition) is 0. The molecule has 0 N–H and O–H groups in total. The van der Waals surface area contributed by atoms with Crippen LogP contribution in [0.2, 0.25) is 10.0 Å². The molecule has 0 aliphatic carbocycles. The number of hydrogen-bond acceptors (Lipinski definition) is 5. The summed E-state index contributed by atoms with van der Waals surface area (Å²) in [6, 6.07) is 11.0. The van der Waals surface area contributed by atoms with Gasteiger partial charge in [0, 0.05) is 74.4 Å². The van der Waals surface area contributed by atoms with Crippen LogP contribution in [0, 0.1) is 24.7 Å². The number of carbonyl (C=O) groups excluding carboxylic acids is 3. The minimum Gasteiger partial charge on any atom is -0.496 e. The van der Waals surface area contributed by atoms with Crippen molar-refractivity contribution < 1.29 is 19.1 Å². The van der Waals surface area contributed by atoms with Crippen LogP contribution in [0.3, 0.4) is 0 Å². The van der Waals surface area contributed by atoms with Crippen molar-refractivity contribution in [3.05, 3.63) is 57.6 Å². The van der Waals surface area contributed by atoms with Crippen molar-refractivity contribution in [2.75, 3.05) is 64.4 Å². The molecule has 42 heavy (non-hydrogen) atoms. The summed E-state index contributed by atoms with van der Waals surface area (Å²) >= 11 is 12.5. The van der Waals surface area contributed by atoms with Gasteiger partial charge in [-0.3, -0.25) is 14.4 Å². The van der Waals surface area contributed by atoms with Crippen LogP contribution in [0.4, 0.5) is 5.69 Å². The Hall–Kier alpha value is -2.81. The first-order valence-electron chi connectivity index (χ1n) is 14.8. The van der Waals surface area contributed by atoms with E-state index in [0.29, 0.717) is 65.7 Å². The lowest BCUT2D eigenvalue weighted by Crippen LogP contribution is -2.44. The van der Waals surface area contributed by atoms with Crippen LogP contribution >= 0.6 is 23.2 Å². The van der Waals surface area contributed by atoms with E-state index in [4.69, 9.17) is 27.9 Å². The highest BCUT2D eigenvalue weighted by Crippen LogP contribution is 2.34. The standard InChI is InChI=1S/C32H40Cl2N4O4/c1-21-5-7-27(16-29(21)34)38(31(40)23-9-13-36(14-10-23)22(2)39)12-4-11-35-17-24-19-37(20-25(24)18-35)32(41)28-8-6-26(33)15-30(28)42-3/h5-8,15-16,23-25H,4,9-14,17-20H2,1-3H3. The number of ether oxygens (including phenoxy) is 1. The molecule has 0 bridgehead atoms. The van der Waals surface area contributed by atoms with Gasteiger partial charge in [-0.2, -0.15) is 0 Å². The molecule has 2 aromatic rings. The topological polar surface area (TPSA) is 73.4 Å². The van der Waals surface area contributed by atoms with Gasteiger partial charge in [0.05, 0.1) is 12.7 Å². The predicted molar refractivity (Wildman–Crippen MR) is 165 cm³/mol. The number of rotatable bonds is 8. The van der Waals surface area contributed by atoms with E-state index in [2.05, 4.69) is 4.90 Å². The highest BCUT2D eigenvalue weighted by atomic mass is 35.5. The zero-order chi connectivity index (χ0) is 30.0. The van der Waals surface area contributed by atoms with E-state index in [1.54, 1.807) is 32.2 Å². The smallest absolute Gasteiger partial charge is 0.257 e. The van der Waals surface area contributed by atoms with E-state index in [1.165, 1.54) is 0 Å². The van der Waals surface area contributed by atoms with Gasteiger partial charge in [0.1, 0.15) is 5.75 Å². The Balaban J connectivity index is 1.17. The number of fused-ring (bicyclic) bond motifs is 1. The monoisotopic (exact) mass is 614 g/mol. The van der Waals surface area contributed by atoms with Crippen molar-refractivity contribution >= 4 is 46.6 Å². The third kappa shape index (κ3) is 6.71. The highest BCUT2D eigenvalue weighted by molar-refractivity contribution is 6.31. The molecule has 3 aliphatic rings. The molecule has 2 atom stereocenters. The quantitative estimate of drug-likeness (QED) is 0.418. The average molecular weight is 616 g/mol. The van der Waals surface area contributed by atoms with Gasteiger partial charge in [-0.25, -0.2) is 0 Å². The van der Waals surface area contributed by atoms with Crippen LogP contribution < -0.4 is 9.64 Å². The summed E-state index contributed by atoms with van der Waals surface area (Å²) in [7, 11) is 1.55. The molecule has 226 valence electrons. The van der Waals surface area contributed by atoms with Gasteiger partial charge in [0.25, 0.3) is 5.91 Å². The molecule has 0 spiro atoms. The van der Waals surface area contributed by atoms with Crippen LogP contribution in [0.1, 0.15) is 42.1 Å². The Kier molecular flexibility index (Phi) is 9.65. The molecule has 3 amide bonds. The van der Waals surface area contributed by atoms with Crippen LogP contribution in [-0.4, -0.2) is 91.9 Å². The Labute approximate surface area is 258 Å². The van der Waals surface area contributed by atoms with E-state index in [1.807, 2.05) is 39.8 Å². The molecule has 8 nitrogen and oxygen atoms in total. The zero-order valence-electron chi connectivity index (χ0n) is 24.7. The minimum atomic E-state index is -0.102. The Morgan fingerprint density at radius 2 is 1.64 bits per heavy atom. The molecule has 10 heteroatoms. The normalized spacial score (nSPS) is 21.0. The van der Waals surface area contributed by atoms with Crippen LogP contribution in [-0.2, 0) is 9.59 Å². The summed E-state index contributed by atoms with van der Waals surface area (Å²) < 4.78 is 5.40. The summed E-state index contributed by atoms with van der Waals surface area (Å²) in [6.07, 6.45) is 2.20. The van der Waals surface area contributed by atoms with Gasteiger partial charge in [0.2, 0.25) is 11.8 Å². The van der Waals surface area contributed by atoms with Crippen molar-refractivity contribution in [2.45, 2.75) is 33.1 Å². The molecule has 5 rings (SSSR count). The number of amides is 3. The van der Waals surface area contributed by atoms with Gasteiger partial charge in [-0.05, 0) is 80.5 Å². The predicted octanol–water partition coefficient (Wildman–Crippen LogP) is 5.00. The largest absolute Gasteiger partial charge is 0.496 e. The van der Waals surface area contributed by atoms with Gasteiger partial charge < -0.3 is 24.3 Å². The number of nitrogens with zero attached hydrogens (tertiary/aromatic N) is 4. The molecule has 2 unspecified atom stereocenters. The maximum absolute atomic E-state index is 13.8. The minimum absolute atomic E-state index is 0.00971. The summed E-state index contributed by atoms with van der Waals surface area (Å²) in [5, 5.41) is 1.20. The highest BCUT2D eigenvalue weighted by Gasteiger charge is 2.42. The van der Waals surface area contributed by atoms with Gasteiger partial charge in [-0.15, -0.1) is 0 Å². The Morgan fingerprint density at radius 3 is 2.26 bits per heavy atom. The number of methoxy groups -OCH3 is 1. The molecule has 3 saturated heterocycles. The summed E-state index contributed by atoms with van der Waals surface area (Å²) in [5.41, 5.74) is 2.36. The molecule has 0 radical (unpaired) electrons. The Morgan fingerprint density at radius 1 is 0.952 bits per heavy atom. The molecule has 2 aromatic carbocycles. The average Bonchev–Trinajstić information content (AvgIpc) is 3.55. The summed E-state index contributed by atoms with van der Waals surface area (Å²) in [6.45, 7) is 9.64. The fraction of sp³-hybridized carbons (Fsp3) is 0.531. The van der Waals surface area contributed by atoms with E-state index < -0.39 is 0 Å². The molecule has 0 saturated carbocycles. The van der Waals surface area contributed by atoms with Crippen LogP contribution in [0.25, 0.3) is 0 Å². The molecule has 3 fully saturated rings. The van der Waals surface area contributed by atoms with Gasteiger partial charge in [-0.1, -0.05) is 29.3 Å². The number of anilines is 1. The number of benzene rings is 2. The third-order valence-corrected chi connectivity index (χ3v) is 9.76. The van der Waals surface area contributed by atoms with E-state index in [-0.39, 0.29) is 23.6 Å². The molecular formula is C32H40Cl2N4O4. The van der Waals surface area contributed by atoms with E-state index in [9.17, 15) is 14.4 Å². The Bertz CT molecular complexity index is 1320. The van der Waals surface area contributed by atoms with E-state index >= 15 is 0 Å². The lowest BCUT2D eigenvalue weighted by molar-refractivity contribution is -0.133. The molecular weight excluding hydrogens is 575 g/mol. The third-order valence-electron chi connectivity index (χ3n) is 9.12. The number of piperidine rings is 1. The van der Waals surface area contributed by atoms with Gasteiger partial charge in [0.15, 0.2) is 0 Å². The fourth-order valence-electron chi connectivity index (χ4n) is 6.68. The first-order valence-corrected chi connectivity index (χ1v) is 15.6. The van der Waals surface area contributed by atoms with Crippen molar-refractivity contribution in [3.63, 3.8) is 0 Å². The number of halogens is 2. The molecule has 3 heterocycles. The van der Waals surface area contributed by atoms with Crippen LogP contribution in [0.15, 0.2) is 36.4 Å². The van der Waals surface area contributed by atoms with E-state index in [0.717, 1.165) is 50.4 Å². The van der Waals surface area contributed by atoms with Crippen LogP contribution in [0.5, 0.6) is 5.75 Å². The summed E-state index contributed by atoms with van der Waals surface area (Å²) in [5.74, 6) is 1.45.